The fourth-order valence-corrected chi connectivity index (χ4v) is 4.25. The predicted octanol–water partition coefficient (Wildman–Crippen LogP) is 4.68. The van der Waals surface area contributed by atoms with E-state index in [4.69, 9.17) is 9.47 Å². The van der Waals surface area contributed by atoms with Crippen LogP contribution in [-0.4, -0.2) is 36.4 Å². The molecule has 1 heterocycles. The van der Waals surface area contributed by atoms with Gasteiger partial charge < -0.3 is 19.9 Å². The predicted molar refractivity (Wildman–Crippen MR) is 136 cm³/mol. The van der Waals surface area contributed by atoms with Gasteiger partial charge in [0.05, 0.1) is 25.3 Å². The maximum Gasteiger partial charge on any atom is 0.300 e. The number of aliphatic hydroxyl groups is 1. The van der Waals surface area contributed by atoms with Gasteiger partial charge in [-0.15, -0.1) is 0 Å². The van der Waals surface area contributed by atoms with Crippen LogP contribution < -0.4 is 19.7 Å². The highest BCUT2D eigenvalue weighted by atomic mass is 16.5. The van der Waals surface area contributed by atoms with Crippen LogP contribution in [0.25, 0.3) is 5.76 Å². The van der Waals surface area contributed by atoms with Crippen LogP contribution in [0.5, 0.6) is 11.5 Å². The van der Waals surface area contributed by atoms with E-state index in [2.05, 4.69) is 5.32 Å². The third-order valence-electron chi connectivity index (χ3n) is 5.76. The number of nitrogens with one attached hydrogen (secondary N) is 1. The minimum absolute atomic E-state index is 0.0707. The van der Waals surface area contributed by atoms with E-state index >= 15 is 0 Å². The van der Waals surface area contributed by atoms with Crippen molar-refractivity contribution in [3.8, 4) is 11.5 Å². The molecule has 0 radical (unpaired) electrons. The third kappa shape index (κ3) is 4.65. The molecule has 3 aromatic carbocycles. The van der Waals surface area contributed by atoms with Gasteiger partial charge in [0.2, 0.25) is 5.91 Å². The second-order valence-electron chi connectivity index (χ2n) is 8.10. The van der Waals surface area contributed by atoms with Crippen molar-refractivity contribution in [2.75, 3.05) is 23.9 Å². The van der Waals surface area contributed by atoms with E-state index in [-0.39, 0.29) is 17.2 Å². The normalized spacial score (nSPS) is 16.6. The zero-order valence-electron chi connectivity index (χ0n) is 20.1. The van der Waals surface area contributed by atoms with Gasteiger partial charge in [-0.25, -0.2) is 0 Å². The number of aliphatic hydroxyl groups excluding tert-OH is 1. The van der Waals surface area contributed by atoms with Crippen LogP contribution >= 0.6 is 0 Å². The number of benzene rings is 3. The van der Waals surface area contributed by atoms with Gasteiger partial charge in [0.1, 0.15) is 17.3 Å². The molecular formula is C28H26N2O6. The maximum atomic E-state index is 13.4. The van der Waals surface area contributed by atoms with Crippen molar-refractivity contribution in [1.29, 1.82) is 0 Å². The van der Waals surface area contributed by atoms with E-state index in [9.17, 15) is 19.5 Å². The lowest BCUT2D eigenvalue weighted by molar-refractivity contribution is -0.132. The van der Waals surface area contributed by atoms with Crippen LogP contribution in [0.1, 0.15) is 31.0 Å². The molecule has 2 amide bonds. The number of carbonyl (C=O) groups excluding carboxylic acids is 3. The second kappa shape index (κ2) is 10.4. The molecule has 184 valence electrons. The van der Waals surface area contributed by atoms with E-state index in [0.29, 0.717) is 40.6 Å². The van der Waals surface area contributed by atoms with Gasteiger partial charge >= 0.3 is 0 Å². The van der Waals surface area contributed by atoms with E-state index in [1.54, 1.807) is 72.8 Å². The highest BCUT2D eigenvalue weighted by molar-refractivity contribution is 6.51. The molecule has 3 aromatic rings. The van der Waals surface area contributed by atoms with Crippen molar-refractivity contribution < 1.29 is 29.0 Å². The molecule has 8 heteroatoms. The number of carbonyl (C=O) groups is 3. The summed E-state index contributed by atoms with van der Waals surface area (Å²) in [7, 11) is 1.49. The zero-order valence-corrected chi connectivity index (χ0v) is 20.1. The quantitative estimate of drug-likeness (QED) is 0.285. The van der Waals surface area contributed by atoms with Gasteiger partial charge in [-0.2, -0.15) is 0 Å². The molecule has 1 fully saturated rings. The number of hydrogen-bond acceptors (Lipinski definition) is 6. The van der Waals surface area contributed by atoms with Crippen LogP contribution in [-0.2, 0) is 14.4 Å². The molecule has 1 aliphatic rings. The summed E-state index contributed by atoms with van der Waals surface area (Å²) in [5.41, 5.74) is 1.66. The first-order chi connectivity index (χ1) is 17.3. The van der Waals surface area contributed by atoms with Gasteiger partial charge in [-0.3, -0.25) is 19.3 Å². The first-order valence-corrected chi connectivity index (χ1v) is 11.4. The van der Waals surface area contributed by atoms with E-state index < -0.39 is 17.7 Å². The average molecular weight is 487 g/mol. The molecule has 1 saturated heterocycles. The molecule has 0 aliphatic carbocycles. The van der Waals surface area contributed by atoms with Crippen LogP contribution in [0, 0.1) is 0 Å². The number of methoxy groups -OCH3 is 1. The standard InChI is InChI=1S/C28H26N2O6/c1-4-36-21-14-12-18(13-15-21)26(32)24-25(22-10-5-6-11-23(22)35-3)30(28(34)27(24)33)20-9-7-8-19(16-20)29-17(2)31/h5-16,25,32H,4H2,1-3H3,(H,29,31)/b26-24+. The number of hydrogen-bond donors (Lipinski definition) is 2. The van der Waals surface area contributed by atoms with Crippen LogP contribution in [0.15, 0.2) is 78.4 Å². The molecule has 2 N–H and O–H groups in total. The van der Waals surface area contributed by atoms with Crippen LogP contribution in [0.3, 0.4) is 0 Å². The summed E-state index contributed by atoms with van der Waals surface area (Å²) in [5, 5.41) is 14.0. The molecular weight excluding hydrogens is 460 g/mol. The molecule has 0 spiro atoms. The van der Waals surface area contributed by atoms with E-state index in [1.807, 2.05) is 6.92 Å². The number of para-hydroxylation sites is 1. The Morgan fingerprint density at radius 3 is 2.42 bits per heavy atom. The Labute approximate surface area is 208 Å². The molecule has 0 aromatic heterocycles. The molecule has 36 heavy (non-hydrogen) atoms. The molecule has 0 bridgehead atoms. The Balaban J connectivity index is 1.91. The molecule has 1 unspecified atom stereocenters. The van der Waals surface area contributed by atoms with Crippen molar-refractivity contribution in [3.05, 3.63) is 89.5 Å². The summed E-state index contributed by atoms with van der Waals surface area (Å²) >= 11 is 0. The molecule has 4 rings (SSSR count). The molecule has 0 saturated carbocycles. The number of rotatable bonds is 7. The van der Waals surface area contributed by atoms with Crippen molar-refractivity contribution >= 4 is 34.7 Å². The summed E-state index contributed by atoms with van der Waals surface area (Å²) in [5.74, 6) is -1.16. The average Bonchev–Trinajstić information content (AvgIpc) is 3.14. The Bertz CT molecular complexity index is 1350. The minimum atomic E-state index is -0.972. The zero-order chi connectivity index (χ0) is 25.8. The summed E-state index contributed by atoms with van der Waals surface area (Å²) < 4.78 is 11.0. The van der Waals surface area contributed by atoms with Crippen molar-refractivity contribution in [2.24, 2.45) is 0 Å². The van der Waals surface area contributed by atoms with Gasteiger partial charge in [0, 0.05) is 29.4 Å². The molecule has 1 atom stereocenters. The van der Waals surface area contributed by atoms with E-state index in [0.717, 1.165) is 0 Å². The lowest BCUT2D eigenvalue weighted by Gasteiger charge is -2.27. The number of ketones is 1. The van der Waals surface area contributed by atoms with Crippen molar-refractivity contribution in [3.63, 3.8) is 0 Å². The monoisotopic (exact) mass is 486 g/mol. The topological polar surface area (TPSA) is 105 Å². The fraction of sp³-hybridized carbons (Fsp3) is 0.179. The fourth-order valence-electron chi connectivity index (χ4n) is 4.25. The molecule has 1 aliphatic heterocycles. The Morgan fingerprint density at radius 2 is 1.75 bits per heavy atom. The maximum absolute atomic E-state index is 13.4. The van der Waals surface area contributed by atoms with Crippen molar-refractivity contribution in [1.82, 2.24) is 0 Å². The number of amides is 2. The van der Waals surface area contributed by atoms with E-state index in [1.165, 1.54) is 18.9 Å². The minimum Gasteiger partial charge on any atom is -0.507 e. The summed E-state index contributed by atoms with van der Waals surface area (Å²) in [6, 6.07) is 19.3. The summed E-state index contributed by atoms with van der Waals surface area (Å²) in [6.45, 7) is 3.73. The lowest BCUT2D eigenvalue weighted by atomic mass is 9.94. The number of Topliss-reactive ketones (excluding diaryl/α,β-unsaturated/α-hetero) is 1. The second-order valence-corrected chi connectivity index (χ2v) is 8.10. The lowest BCUT2D eigenvalue weighted by Crippen LogP contribution is -2.29. The summed E-state index contributed by atoms with van der Waals surface area (Å²) in [4.78, 5) is 39.7. The largest absolute Gasteiger partial charge is 0.507 e. The Hall–Kier alpha value is -4.59. The third-order valence-corrected chi connectivity index (χ3v) is 5.76. The van der Waals surface area contributed by atoms with Gasteiger partial charge in [0.25, 0.3) is 11.7 Å². The van der Waals surface area contributed by atoms with Crippen LogP contribution in [0.2, 0.25) is 0 Å². The number of anilines is 2. The van der Waals surface area contributed by atoms with Gasteiger partial charge in [-0.05, 0) is 55.5 Å². The highest BCUT2D eigenvalue weighted by Gasteiger charge is 2.48. The van der Waals surface area contributed by atoms with Gasteiger partial charge in [-0.1, -0.05) is 24.3 Å². The number of nitrogens with zero attached hydrogens (tertiary/aromatic N) is 1. The summed E-state index contributed by atoms with van der Waals surface area (Å²) in [6.07, 6.45) is 0. The highest BCUT2D eigenvalue weighted by Crippen LogP contribution is 2.45. The molecule has 8 nitrogen and oxygen atoms in total. The number of ether oxygens (including phenoxy) is 2. The first kappa shape index (κ1) is 24.5. The smallest absolute Gasteiger partial charge is 0.300 e. The Kier molecular flexibility index (Phi) is 7.05. The first-order valence-electron chi connectivity index (χ1n) is 11.4. The van der Waals surface area contributed by atoms with Gasteiger partial charge in [0.15, 0.2) is 0 Å². The van der Waals surface area contributed by atoms with Crippen LogP contribution in [0.4, 0.5) is 11.4 Å². The van der Waals surface area contributed by atoms with Crippen molar-refractivity contribution in [2.45, 2.75) is 19.9 Å². The Morgan fingerprint density at radius 1 is 1.03 bits per heavy atom. The SMILES string of the molecule is CCOc1ccc(/C(O)=C2\C(=O)C(=O)N(c3cccc(NC(C)=O)c3)C2c2ccccc2OC)cc1.